The largest absolute Gasteiger partial charge is 0.311 e. The quantitative estimate of drug-likeness (QED) is 0.834. The highest BCUT2D eigenvalue weighted by molar-refractivity contribution is 9.10. The van der Waals surface area contributed by atoms with Crippen molar-refractivity contribution in [1.82, 2.24) is 10.3 Å². The summed E-state index contributed by atoms with van der Waals surface area (Å²) in [6, 6.07) is 4.68. The molecule has 0 saturated heterocycles. The van der Waals surface area contributed by atoms with Crippen LogP contribution in [0.4, 0.5) is 0 Å². The Kier molecular flexibility index (Phi) is 6.24. The Hall–Kier alpha value is -0.670. The van der Waals surface area contributed by atoms with Crippen molar-refractivity contribution in [3.63, 3.8) is 0 Å². The number of halogens is 1. The van der Waals surface area contributed by atoms with Gasteiger partial charge in [0.05, 0.1) is 5.69 Å². The molecule has 1 aliphatic carbocycles. The lowest BCUT2D eigenvalue weighted by Crippen LogP contribution is -2.28. The first kappa shape index (κ1) is 15.7. The number of hydrogen-bond donors (Lipinski definition) is 1. The Morgan fingerprint density at radius 1 is 1.35 bits per heavy atom. The normalized spacial score (nSPS) is 17.7. The molecular weight excluding hydrogens is 312 g/mol. The summed E-state index contributed by atoms with van der Waals surface area (Å²) < 4.78 is 1.04. The van der Waals surface area contributed by atoms with Gasteiger partial charge in [-0.15, -0.1) is 0 Å². The minimum absolute atomic E-state index is 0.528. The second-order valence-corrected chi connectivity index (χ2v) is 6.91. The van der Waals surface area contributed by atoms with Gasteiger partial charge in [0, 0.05) is 23.3 Å². The van der Waals surface area contributed by atoms with Gasteiger partial charge in [0.25, 0.3) is 0 Å². The van der Waals surface area contributed by atoms with Crippen LogP contribution in [0.2, 0.25) is 0 Å². The maximum absolute atomic E-state index is 4.49. The molecule has 0 atom stereocenters. The smallest absolute Gasteiger partial charge is 0.0630 e. The molecule has 2 nitrogen and oxygen atoms in total. The molecule has 110 valence electrons. The molecule has 2 rings (SSSR count). The van der Waals surface area contributed by atoms with Gasteiger partial charge >= 0.3 is 0 Å². The summed E-state index contributed by atoms with van der Waals surface area (Å²) in [4.78, 5) is 4.49. The van der Waals surface area contributed by atoms with E-state index in [1.54, 1.807) is 0 Å². The third-order valence-electron chi connectivity index (χ3n) is 3.93. The molecule has 1 aromatic rings. The molecule has 1 N–H and O–H groups in total. The lowest BCUT2D eigenvalue weighted by atomic mass is 9.83. The van der Waals surface area contributed by atoms with E-state index in [0.717, 1.165) is 22.6 Å². The Morgan fingerprint density at radius 3 is 2.70 bits per heavy atom. The number of aromatic nitrogens is 1. The Labute approximate surface area is 131 Å². The molecule has 0 aliphatic heterocycles. The summed E-state index contributed by atoms with van der Waals surface area (Å²) in [6.07, 6.45) is 11.0. The predicted octanol–water partition coefficient (Wildman–Crippen LogP) is 4.81. The van der Waals surface area contributed by atoms with Crippen molar-refractivity contribution in [2.75, 3.05) is 6.54 Å². The molecule has 20 heavy (non-hydrogen) atoms. The van der Waals surface area contributed by atoms with Gasteiger partial charge in [-0.1, -0.05) is 38.7 Å². The minimum atomic E-state index is 0.528. The van der Waals surface area contributed by atoms with Crippen LogP contribution in [0.3, 0.4) is 0 Å². The molecule has 1 fully saturated rings. The summed E-state index contributed by atoms with van der Waals surface area (Å²) in [7, 11) is 0. The van der Waals surface area contributed by atoms with Crippen LogP contribution < -0.4 is 5.32 Å². The minimum Gasteiger partial charge on any atom is -0.311 e. The van der Waals surface area contributed by atoms with Gasteiger partial charge in [-0.2, -0.15) is 0 Å². The molecule has 1 heterocycles. The average molecular weight is 337 g/mol. The molecule has 0 radical (unpaired) electrons. The van der Waals surface area contributed by atoms with Crippen LogP contribution in [0, 0.1) is 5.92 Å². The van der Waals surface area contributed by atoms with Crippen molar-refractivity contribution in [1.29, 1.82) is 0 Å². The summed E-state index contributed by atoms with van der Waals surface area (Å²) in [5, 5.41) is 3.57. The Morgan fingerprint density at radius 2 is 2.10 bits per heavy atom. The maximum Gasteiger partial charge on any atom is 0.0630 e. The van der Waals surface area contributed by atoms with Crippen LogP contribution in [-0.4, -0.2) is 17.6 Å². The summed E-state index contributed by atoms with van der Waals surface area (Å²) >= 11 is 3.44. The van der Waals surface area contributed by atoms with Crippen LogP contribution in [0.25, 0.3) is 6.08 Å². The van der Waals surface area contributed by atoms with Crippen molar-refractivity contribution in [3.05, 3.63) is 34.1 Å². The first-order chi connectivity index (χ1) is 9.65. The van der Waals surface area contributed by atoms with Gasteiger partial charge in [-0.05, 0) is 52.9 Å². The standard InChI is InChI=1S/C17H25BrN2/c1-13(2)19-11-15(14-6-4-3-5-7-14)10-17-9-8-16(18)12-20-17/h8-10,12-14,19H,3-7,11H2,1-2H3/b15-10-. The van der Waals surface area contributed by atoms with Crippen molar-refractivity contribution in [3.8, 4) is 0 Å². The van der Waals surface area contributed by atoms with E-state index in [-0.39, 0.29) is 0 Å². The lowest BCUT2D eigenvalue weighted by Gasteiger charge is -2.25. The number of hydrogen-bond acceptors (Lipinski definition) is 2. The van der Waals surface area contributed by atoms with Gasteiger partial charge < -0.3 is 5.32 Å². The fourth-order valence-corrected chi connectivity index (χ4v) is 3.01. The van der Waals surface area contributed by atoms with Crippen molar-refractivity contribution in [2.24, 2.45) is 5.92 Å². The van der Waals surface area contributed by atoms with Gasteiger partial charge in [0.2, 0.25) is 0 Å². The van der Waals surface area contributed by atoms with Crippen LogP contribution in [0.1, 0.15) is 51.6 Å². The Balaban J connectivity index is 2.13. The van der Waals surface area contributed by atoms with Crippen molar-refractivity contribution >= 4 is 22.0 Å². The lowest BCUT2D eigenvalue weighted by molar-refractivity contribution is 0.394. The highest BCUT2D eigenvalue weighted by atomic mass is 79.9. The molecule has 1 aliphatic rings. The Bertz CT molecular complexity index is 431. The first-order valence-corrected chi connectivity index (χ1v) is 8.50. The third kappa shape index (κ3) is 5.02. The van der Waals surface area contributed by atoms with Gasteiger partial charge in [0.15, 0.2) is 0 Å². The van der Waals surface area contributed by atoms with Crippen LogP contribution in [-0.2, 0) is 0 Å². The summed E-state index contributed by atoms with van der Waals surface area (Å²) in [5.74, 6) is 0.737. The number of rotatable bonds is 5. The molecule has 0 amide bonds. The molecule has 0 unspecified atom stereocenters. The highest BCUT2D eigenvalue weighted by Crippen LogP contribution is 2.30. The van der Waals surface area contributed by atoms with E-state index in [2.05, 4.69) is 58.3 Å². The van der Waals surface area contributed by atoms with E-state index in [4.69, 9.17) is 0 Å². The van der Waals surface area contributed by atoms with Crippen LogP contribution >= 0.6 is 15.9 Å². The second kappa shape index (κ2) is 7.94. The maximum atomic E-state index is 4.49. The van der Waals surface area contributed by atoms with E-state index >= 15 is 0 Å². The second-order valence-electron chi connectivity index (χ2n) is 5.99. The molecule has 0 aromatic carbocycles. The summed E-state index contributed by atoms with van der Waals surface area (Å²) in [5.41, 5.74) is 2.59. The molecule has 1 aromatic heterocycles. The van der Waals surface area contributed by atoms with Gasteiger partial charge in [-0.3, -0.25) is 4.98 Å². The fraction of sp³-hybridized carbons (Fsp3) is 0.588. The first-order valence-electron chi connectivity index (χ1n) is 7.70. The molecule has 0 bridgehead atoms. The zero-order chi connectivity index (χ0) is 14.4. The average Bonchev–Trinajstić information content (AvgIpc) is 2.46. The number of nitrogens with one attached hydrogen (secondary N) is 1. The highest BCUT2D eigenvalue weighted by Gasteiger charge is 2.18. The number of pyridine rings is 1. The SMILES string of the molecule is CC(C)NC/C(=C/c1ccc(Br)cn1)C1CCCCC1. The molecule has 3 heteroatoms. The van der Waals surface area contributed by atoms with Crippen LogP contribution in [0.15, 0.2) is 28.4 Å². The number of nitrogens with zero attached hydrogens (tertiary/aromatic N) is 1. The van der Waals surface area contributed by atoms with E-state index in [1.165, 1.54) is 37.7 Å². The molecule has 1 saturated carbocycles. The van der Waals surface area contributed by atoms with E-state index in [9.17, 15) is 0 Å². The molecule has 0 spiro atoms. The monoisotopic (exact) mass is 336 g/mol. The third-order valence-corrected chi connectivity index (χ3v) is 4.40. The fourth-order valence-electron chi connectivity index (χ4n) is 2.77. The van der Waals surface area contributed by atoms with E-state index in [1.807, 2.05) is 6.20 Å². The van der Waals surface area contributed by atoms with Crippen molar-refractivity contribution < 1.29 is 0 Å². The zero-order valence-corrected chi connectivity index (χ0v) is 14.1. The summed E-state index contributed by atoms with van der Waals surface area (Å²) in [6.45, 7) is 5.40. The predicted molar refractivity (Wildman–Crippen MR) is 89.6 cm³/mol. The van der Waals surface area contributed by atoms with Gasteiger partial charge in [-0.25, -0.2) is 0 Å². The topological polar surface area (TPSA) is 24.9 Å². The van der Waals surface area contributed by atoms with E-state index in [0.29, 0.717) is 6.04 Å². The molecular formula is C17H25BrN2. The van der Waals surface area contributed by atoms with Crippen molar-refractivity contribution in [2.45, 2.75) is 52.0 Å². The van der Waals surface area contributed by atoms with E-state index < -0.39 is 0 Å². The zero-order valence-electron chi connectivity index (χ0n) is 12.5. The van der Waals surface area contributed by atoms with Crippen LogP contribution in [0.5, 0.6) is 0 Å². The van der Waals surface area contributed by atoms with Gasteiger partial charge in [0.1, 0.15) is 0 Å².